The van der Waals surface area contributed by atoms with Crippen LogP contribution in [0.4, 0.5) is 0 Å². The highest BCUT2D eigenvalue weighted by Crippen LogP contribution is 2.38. The average Bonchev–Trinajstić information content (AvgIpc) is 3.03. The average molecular weight is 292 g/mol. The topological polar surface area (TPSA) is 42.3 Å². The Bertz CT molecular complexity index is 373. The van der Waals surface area contributed by atoms with Crippen molar-refractivity contribution < 1.29 is 0 Å². The molecule has 3 unspecified atom stereocenters. The van der Waals surface area contributed by atoms with E-state index in [2.05, 4.69) is 49.1 Å². The number of hydrogen-bond donors (Lipinski definition) is 1. The summed E-state index contributed by atoms with van der Waals surface area (Å²) in [5, 5.41) is 13.3. The van der Waals surface area contributed by atoms with E-state index < -0.39 is 0 Å². The van der Waals surface area contributed by atoms with E-state index >= 15 is 0 Å². The zero-order chi connectivity index (χ0) is 15.5. The summed E-state index contributed by atoms with van der Waals surface area (Å²) in [6.45, 7) is 7.86. The first-order chi connectivity index (χ1) is 9.97. The quantitative estimate of drug-likeness (QED) is 0.814. The number of nitriles is 1. The Morgan fingerprint density at radius 3 is 2.71 bits per heavy atom. The van der Waals surface area contributed by atoms with Gasteiger partial charge in [-0.1, -0.05) is 6.42 Å². The van der Waals surface area contributed by atoms with Crippen molar-refractivity contribution in [3.05, 3.63) is 0 Å². The van der Waals surface area contributed by atoms with E-state index in [1.807, 2.05) is 0 Å². The molecular formula is C17H32N4. The molecule has 0 aromatic rings. The van der Waals surface area contributed by atoms with E-state index in [1.54, 1.807) is 0 Å². The van der Waals surface area contributed by atoms with Gasteiger partial charge in [-0.3, -0.25) is 5.32 Å². The zero-order valence-corrected chi connectivity index (χ0v) is 14.2. The Morgan fingerprint density at radius 2 is 2.14 bits per heavy atom. The van der Waals surface area contributed by atoms with Gasteiger partial charge in [0.25, 0.3) is 0 Å². The number of likely N-dealkylation sites (tertiary alicyclic amines) is 1. The summed E-state index contributed by atoms with van der Waals surface area (Å²) in [7, 11) is 4.36. The third-order valence-electron chi connectivity index (χ3n) is 5.34. The standard InChI is InChI=1S/C17H32N4/c1-14(2)19-17(13-18)9-5-6-15(17)7-10-21-11-8-16(12-21)20(3)4/h14-16,19H,5-12H2,1-4H3. The molecule has 0 aromatic carbocycles. The number of rotatable bonds is 6. The largest absolute Gasteiger partial charge is 0.305 e. The van der Waals surface area contributed by atoms with Crippen molar-refractivity contribution in [3.63, 3.8) is 0 Å². The number of nitrogens with zero attached hydrogens (tertiary/aromatic N) is 3. The molecule has 0 aromatic heterocycles. The van der Waals surface area contributed by atoms with E-state index in [4.69, 9.17) is 0 Å². The van der Waals surface area contributed by atoms with Gasteiger partial charge in [0.2, 0.25) is 0 Å². The molecule has 21 heavy (non-hydrogen) atoms. The molecular weight excluding hydrogens is 260 g/mol. The predicted octanol–water partition coefficient (Wildman–Crippen LogP) is 2.07. The van der Waals surface area contributed by atoms with Crippen molar-refractivity contribution in [3.8, 4) is 6.07 Å². The first-order valence-electron chi connectivity index (χ1n) is 8.54. The molecule has 0 amide bonds. The summed E-state index contributed by atoms with van der Waals surface area (Å²) in [5.74, 6) is 0.517. The van der Waals surface area contributed by atoms with Gasteiger partial charge in [-0.2, -0.15) is 5.26 Å². The monoisotopic (exact) mass is 292 g/mol. The van der Waals surface area contributed by atoms with E-state index in [1.165, 1.54) is 32.4 Å². The van der Waals surface area contributed by atoms with Crippen molar-refractivity contribution in [1.82, 2.24) is 15.1 Å². The lowest BCUT2D eigenvalue weighted by atomic mass is 9.85. The van der Waals surface area contributed by atoms with Gasteiger partial charge in [0, 0.05) is 18.6 Å². The Morgan fingerprint density at radius 1 is 1.38 bits per heavy atom. The van der Waals surface area contributed by atoms with Crippen molar-refractivity contribution in [2.24, 2.45) is 5.92 Å². The van der Waals surface area contributed by atoms with Gasteiger partial charge in [-0.05, 0) is 72.6 Å². The van der Waals surface area contributed by atoms with Crippen molar-refractivity contribution in [2.45, 2.75) is 63.6 Å². The predicted molar refractivity (Wildman–Crippen MR) is 87.1 cm³/mol. The highest BCUT2D eigenvalue weighted by atomic mass is 15.2. The normalized spacial score (nSPS) is 34.0. The highest BCUT2D eigenvalue weighted by Gasteiger charge is 2.43. The molecule has 1 saturated carbocycles. The zero-order valence-electron chi connectivity index (χ0n) is 14.2. The molecule has 1 saturated heterocycles. The van der Waals surface area contributed by atoms with Crippen LogP contribution in [-0.4, -0.2) is 61.2 Å². The molecule has 1 aliphatic carbocycles. The summed E-state index contributed by atoms with van der Waals surface area (Å²) in [6, 6.07) is 3.72. The molecule has 120 valence electrons. The van der Waals surface area contributed by atoms with Crippen molar-refractivity contribution >= 4 is 0 Å². The summed E-state index contributed by atoms with van der Waals surface area (Å²) in [6.07, 6.45) is 5.86. The van der Waals surface area contributed by atoms with Crippen molar-refractivity contribution in [2.75, 3.05) is 33.7 Å². The fourth-order valence-corrected chi connectivity index (χ4v) is 4.13. The highest BCUT2D eigenvalue weighted by molar-refractivity contribution is 5.14. The molecule has 1 aliphatic heterocycles. The molecule has 3 atom stereocenters. The molecule has 4 nitrogen and oxygen atoms in total. The Kier molecular flexibility index (Phi) is 5.65. The van der Waals surface area contributed by atoms with E-state index in [9.17, 15) is 5.26 Å². The van der Waals surface area contributed by atoms with Gasteiger partial charge in [0.15, 0.2) is 0 Å². The second-order valence-electron chi connectivity index (χ2n) is 7.47. The van der Waals surface area contributed by atoms with Gasteiger partial charge in [-0.15, -0.1) is 0 Å². The van der Waals surface area contributed by atoms with Crippen LogP contribution in [0.25, 0.3) is 0 Å². The lowest BCUT2D eigenvalue weighted by molar-refractivity contribution is 0.226. The van der Waals surface area contributed by atoms with Crippen LogP contribution < -0.4 is 5.32 Å². The minimum Gasteiger partial charge on any atom is -0.305 e. The third kappa shape index (κ3) is 3.97. The summed E-state index contributed by atoms with van der Waals surface area (Å²) >= 11 is 0. The second-order valence-corrected chi connectivity index (χ2v) is 7.47. The SMILES string of the molecule is CC(C)NC1(C#N)CCCC1CCN1CCC(N(C)C)C1. The van der Waals surface area contributed by atoms with Crippen LogP contribution in [0.3, 0.4) is 0 Å². The minimum atomic E-state index is -0.269. The van der Waals surface area contributed by atoms with Crippen LogP contribution in [0.15, 0.2) is 0 Å². The molecule has 4 heteroatoms. The Balaban J connectivity index is 1.86. The fourth-order valence-electron chi connectivity index (χ4n) is 4.13. The Labute approximate surface area is 130 Å². The van der Waals surface area contributed by atoms with Crippen LogP contribution >= 0.6 is 0 Å². The van der Waals surface area contributed by atoms with Gasteiger partial charge < -0.3 is 9.80 Å². The lowest BCUT2D eigenvalue weighted by Gasteiger charge is -2.33. The molecule has 2 aliphatic rings. The van der Waals surface area contributed by atoms with E-state index in [-0.39, 0.29) is 5.54 Å². The Hall–Kier alpha value is -0.630. The molecule has 0 spiro atoms. The molecule has 1 heterocycles. The summed E-state index contributed by atoms with van der Waals surface area (Å²) in [5.41, 5.74) is -0.269. The minimum absolute atomic E-state index is 0.269. The molecule has 0 radical (unpaired) electrons. The number of likely N-dealkylation sites (N-methyl/N-ethyl adjacent to an activating group) is 1. The van der Waals surface area contributed by atoms with E-state index in [0.29, 0.717) is 18.0 Å². The maximum Gasteiger partial charge on any atom is 0.109 e. The van der Waals surface area contributed by atoms with Crippen LogP contribution in [-0.2, 0) is 0 Å². The molecule has 2 rings (SSSR count). The first-order valence-corrected chi connectivity index (χ1v) is 8.54. The summed E-state index contributed by atoms with van der Waals surface area (Å²) < 4.78 is 0. The van der Waals surface area contributed by atoms with Crippen LogP contribution in [0.2, 0.25) is 0 Å². The van der Waals surface area contributed by atoms with Crippen LogP contribution in [0, 0.1) is 17.2 Å². The molecule has 2 fully saturated rings. The molecule has 0 bridgehead atoms. The first kappa shape index (κ1) is 16.7. The maximum atomic E-state index is 9.71. The van der Waals surface area contributed by atoms with Gasteiger partial charge >= 0.3 is 0 Å². The number of hydrogen-bond acceptors (Lipinski definition) is 4. The van der Waals surface area contributed by atoms with Gasteiger partial charge in [0.05, 0.1) is 6.07 Å². The smallest absolute Gasteiger partial charge is 0.109 e. The number of nitrogens with one attached hydrogen (secondary N) is 1. The van der Waals surface area contributed by atoms with Crippen LogP contribution in [0.5, 0.6) is 0 Å². The van der Waals surface area contributed by atoms with Gasteiger partial charge in [0.1, 0.15) is 5.54 Å². The molecule has 1 N–H and O–H groups in total. The third-order valence-corrected chi connectivity index (χ3v) is 5.34. The second kappa shape index (κ2) is 7.09. The maximum absolute atomic E-state index is 9.71. The van der Waals surface area contributed by atoms with Crippen LogP contribution in [0.1, 0.15) is 46.0 Å². The lowest BCUT2D eigenvalue weighted by Crippen LogP contribution is -2.50. The van der Waals surface area contributed by atoms with Gasteiger partial charge in [-0.25, -0.2) is 0 Å². The van der Waals surface area contributed by atoms with Crippen molar-refractivity contribution in [1.29, 1.82) is 5.26 Å². The van der Waals surface area contributed by atoms with E-state index in [0.717, 1.165) is 19.4 Å². The fraction of sp³-hybridized carbons (Fsp3) is 0.941. The summed E-state index contributed by atoms with van der Waals surface area (Å²) in [4.78, 5) is 4.93.